The van der Waals surface area contributed by atoms with E-state index in [1.54, 1.807) is 18.2 Å². The number of benzene rings is 1. The standard InChI is InChI=1S/C17H17FN2O/c1-3-20(4-2)17-10-9-16(21-17)11-14(12-19)13-5-7-15(18)8-6-13/h5-11H,3-4H2,1-2H3/b14-11-. The van der Waals surface area contributed by atoms with Crippen LogP contribution in [0.3, 0.4) is 0 Å². The summed E-state index contributed by atoms with van der Waals surface area (Å²) in [5.74, 6) is 1.07. The fraction of sp³-hybridized carbons (Fsp3) is 0.235. The number of furan rings is 1. The van der Waals surface area contributed by atoms with Crippen molar-refractivity contribution in [3.63, 3.8) is 0 Å². The van der Waals surface area contributed by atoms with Gasteiger partial charge < -0.3 is 9.32 Å². The first-order chi connectivity index (χ1) is 10.2. The number of halogens is 1. The van der Waals surface area contributed by atoms with Crippen molar-refractivity contribution in [2.24, 2.45) is 0 Å². The second-order valence-corrected chi connectivity index (χ2v) is 4.53. The third-order valence-electron chi connectivity index (χ3n) is 3.25. The van der Waals surface area contributed by atoms with Crippen molar-refractivity contribution in [3.8, 4) is 6.07 Å². The Morgan fingerprint density at radius 1 is 1.19 bits per heavy atom. The Morgan fingerprint density at radius 3 is 2.43 bits per heavy atom. The van der Waals surface area contributed by atoms with Crippen LogP contribution in [-0.2, 0) is 0 Å². The van der Waals surface area contributed by atoms with E-state index in [0.717, 1.165) is 19.0 Å². The van der Waals surface area contributed by atoms with Crippen LogP contribution < -0.4 is 4.90 Å². The molecule has 108 valence electrons. The zero-order chi connectivity index (χ0) is 15.2. The number of nitrogens with zero attached hydrogens (tertiary/aromatic N) is 2. The normalized spacial score (nSPS) is 11.2. The number of hydrogen-bond donors (Lipinski definition) is 0. The van der Waals surface area contributed by atoms with E-state index in [2.05, 4.69) is 24.8 Å². The molecule has 0 unspecified atom stereocenters. The van der Waals surface area contributed by atoms with Crippen LogP contribution >= 0.6 is 0 Å². The van der Waals surface area contributed by atoms with Gasteiger partial charge in [0, 0.05) is 19.2 Å². The topological polar surface area (TPSA) is 40.2 Å². The van der Waals surface area contributed by atoms with Crippen molar-refractivity contribution >= 4 is 17.5 Å². The molecular formula is C17H17FN2O. The molecule has 0 saturated carbocycles. The molecule has 1 aromatic heterocycles. The molecule has 3 nitrogen and oxygen atoms in total. The second kappa shape index (κ2) is 6.76. The van der Waals surface area contributed by atoms with Gasteiger partial charge in [0.1, 0.15) is 11.6 Å². The highest BCUT2D eigenvalue weighted by molar-refractivity contribution is 5.88. The molecule has 0 fully saturated rings. The van der Waals surface area contributed by atoms with Crippen LogP contribution in [0.25, 0.3) is 11.6 Å². The lowest BCUT2D eigenvalue weighted by molar-refractivity contribution is 0.541. The Balaban J connectivity index is 2.29. The van der Waals surface area contributed by atoms with Gasteiger partial charge in [0.05, 0.1) is 11.6 Å². The predicted molar refractivity (Wildman–Crippen MR) is 82.2 cm³/mol. The third-order valence-corrected chi connectivity index (χ3v) is 3.25. The monoisotopic (exact) mass is 284 g/mol. The minimum Gasteiger partial charge on any atom is -0.441 e. The van der Waals surface area contributed by atoms with Gasteiger partial charge in [-0.3, -0.25) is 0 Å². The van der Waals surface area contributed by atoms with Crippen LogP contribution in [-0.4, -0.2) is 13.1 Å². The molecule has 0 aliphatic heterocycles. The average molecular weight is 284 g/mol. The quantitative estimate of drug-likeness (QED) is 0.767. The lowest BCUT2D eigenvalue weighted by Crippen LogP contribution is -2.20. The lowest BCUT2D eigenvalue weighted by Gasteiger charge is -2.16. The molecule has 0 aliphatic carbocycles. The first-order valence-corrected chi connectivity index (χ1v) is 6.90. The zero-order valence-electron chi connectivity index (χ0n) is 12.1. The smallest absolute Gasteiger partial charge is 0.196 e. The van der Waals surface area contributed by atoms with Crippen LogP contribution in [0.15, 0.2) is 40.8 Å². The maximum absolute atomic E-state index is 12.9. The molecule has 0 spiro atoms. The maximum atomic E-state index is 12.9. The Hall–Kier alpha value is -2.54. The molecule has 0 bridgehead atoms. The van der Waals surface area contributed by atoms with E-state index >= 15 is 0 Å². The number of allylic oxidation sites excluding steroid dienone is 1. The number of rotatable bonds is 5. The van der Waals surface area contributed by atoms with Crippen molar-refractivity contribution in [2.45, 2.75) is 13.8 Å². The zero-order valence-corrected chi connectivity index (χ0v) is 12.1. The van der Waals surface area contributed by atoms with Gasteiger partial charge in [-0.2, -0.15) is 5.26 Å². The van der Waals surface area contributed by atoms with E-state index in [1.165, 1.54) is 12.1 Å². The number of nitriles is 1. The van der Waals surface area contributed by atoms with Crippen LogP contribution in [0, 0.1) is 17.1 Å². The van der Waals surface area contributed by atoms with Crippen molar-refractivity contribution < 1.29 is 8.81 Å². The van der Waals surface area contributed by atoms with E-state index in [1.807, 2.05) is 12.1 Å². The first kappa shape index (κ1) is 14.9. The van der Waals surface area contributed by atoms with Crippen molar-refractivity contribution in [1.29, 1.82) is 5.26 Å². The van der Waals surface area contributed by atoms with E-state index in [0.29, 0.717) is 16.9 Å². The van der Waals surface area contributed by atoms with Gasteiger partial charge in [-0.15, -0.1) is 0 Å². The molecule has 0 N–H and O–H groups in total. The lowest BCUT2D eigenvalue weighted by atomic mass is 10.1. The Bertz CT molecular complexity index is 661. The molecule has 2 aromatic rings. The Kier molecular flexibility index (Phi) is 4.78. The SMILES string of the molecule is CCN(CC)c1ccc(/C=C(/C#N)c2ccc(F)cc2)o1. The fourth-order valence-electron chi connectivity index (χ4n) is 2.08. The molecule has 21 heavy (non-hydrogen) atoms. The van der Waals surface area contributed by atoms with Gasteiger partial charge in [-0.05, 0) is 43.7 Å². The molecule has 0 amide bonds. The van der Waals surface area contributed by atoms with Crippen LogP contribution in [0.2, 0.25) is 0 Å². The summed E-state index contributed by atoms with van der Waals surface area (Å²) in [6.07, 6.45) is 1.67. The minimum absolute atomic E-state index is 0.321. The molecule has 0 radical (unpaired) electrons. The van der Waals surface area contributed by atoms with Crippen molar-refractivity contribution in [3.05, 3.63) is 53.5 Å². The number of anilines is 1. The fourth-order valence-corrected chi connectivity index (χ4v) is 2.08. The summed E-state index contributed by atoms with van der Waals surface area (Å²) < 4.78 is 18.7. The molecule has 0 atom stereocenters. The first-order valence-electron chi connectivity index (χ1n) is 6.90. The summed E-state index contributed by atoms with van der Waals surface area (Å²) in [4.78, 5) is 2.08. The van der Waals surface area contributed by atoms with Gasteiger partial charge >= 0.3 is 0 Å². The van der Waals surface area contributed by atoms with E-state index in [4.69, 9.17) is 4.42 Å². The molecule has 0 aliphatic rings. The van der Waals surface area contributed by atoms with E-state index in [9.17, 15) is 9.65 Å². The largest absolute Gasteiger partial charge is 0.441 e. The minimum atomic E-state index is -0.321. The summed E-state index contributed by atoms with van der Waals surface area (Å²) >= 11 is 0. The Morgan fingerprint density at radius 2 is 1.86 bits per heavy atom. The third kappa shape index (κ3) is 3.51. The van der Waals surface area contributed by atoms with Gasteiger partial charge in [0.25, 0.3) is 0 Å². The molecule has 4 heteroatoms. The van der Waals surface area contributed by atoms with Gasteiger partial charge in [0.15, 0.2) is 5.88 Å². The molecule has 2 rings (SSSR count). The average Bonchev–Trinajstić information content (AvgIpc) is 2.96. The molecular weight excluding hydrogens is 267 g/mol. The Labute approximate surface area is 123 Å². The highest BCUT2D eigenvalue weighted by Gasteiger charge is 2.08. The predicted octanol–water partition coefficient (Wildman–Crippen LogP) is 4.33. The van der Waals surface area contributed by atoms with Gasteiger partial charge in [0.2, 0.25) is 0 Å². The number of hydrogen-bond acceptors (Lipinski definition) is 3. The summed E-state index contributed by atoms with van der Waals surface area (Å²) in [7, 11) is 0. The van der Waals surface area contributed by atoms with E-state index in [-0.39, 0.29) is 5.82 Å². The van der Waals surface area contributed by atoms with Crippen LogP contribution in [0.5, 0.6) is 0 Å². The highest BCUT2D eigenvalue weighted by Crippen LogP contribution is 2.23. The molecule has 1 aromatic carbocycles. The summed E-state index contributed by atoms with van der Waals surface area (Å²) in [6.45, 7) is 5.83. The van der Waals surface area contributed by atoms with Gasteiger partial charge in [-0.1, -0.05) is 12.1 Å². The van der Waals surface area contributed by atoms with Gasteiger partial charge in [-0.25, -0.2) is 4.39 Å². The highest BCUT2D eigenvalue weighted by atomic mass is 19.1. The maximum Gasteiger partial charge on any atom is 0.196 e. The summed E-state index contributed by atoms with van der Waals surface area (Å²) in [5.41, 5.74) is 1.11. The van der Waals surface area contributed by atoms with Crippen LogP contribution in [0.1, 0.15) is 25.2 Å². The molecule has 1 heterocycles. The van der Waals surface area contributed by atoms with E-state index < -0.39 is 0 Å². The van der Waals surface area contributed by atoms with Crippen LogP contribution in [0.4, 0.5) is 10.3 Å². The summed E-state index contributed by atoms with van der Waals surface area (Å²) in [6, 6.07) is 11.7. The second-order valence-electron chi connectivity index (χ2n) is 4.53. The van der Waals surface area contributed by atoms with Crippen molar-refractivity contribution in [2.75, 3.05) is 18.0 Å². The molecule has 0 saturated heterocycles. The van der Waals surface area contributed by atoms with Crippen molar-refractivity contribution in [1.82, 2.24) is 0 Å². The summed E-state index contributed by atoms with van der Waals surface area (Å²) in [5, 5.41) is 9.25.